The predicted molar refractivity (Wildman–Crippen MR) is 76.1 cm³/mol. The van der Waals surface area contributed by atoms with Crippen LogP contribution >= 0.6 is 0 Å². The molecular formula is C17H26O3. The van der Waals surface area contributed by atoms with Crippen LogP contribution in [-0.2, 0) is 14.2 Å². The smallest absolute Gasteiger partial charge is 0.163 e. The Hall–Kier alpha value is -0.540. The quantitative estimate of drug-likeness (QED) is 0.675. The van der Waals surface area contributed by atoms with Gasteiger partial charge in [-0.3, -0.25) is 0 Å². The Morgan fingerprint density at radius 2 is 1.95 bits per heavy atom. The Labute approximate surface area is 121 Å². The van der Waals surface area contributed by atoms with E-state index in [0.29, 0.717) is 6.61 Å². The van der Waals surface area contributed by atoms with Crippen LogP contribution in [0.5, 0.6) is 0 Å². The lowest BCUT2D eigenvalue weighted by Gasteiger charge is -2.50. The molecule has 112 valence electrons. The molecule has 2 bridgehead atoms. The van der Waals surface area contributed by atoms with E-state index in [9.17, 15) is 0 Å². The van der Waals surface area contributed by atoms with Crippen LogP contribution in [0.4, 0.5) is 0 Å². The van der Waals surface area contributed by atoms with E-state index >= 15 is 0 Å². The number of ether oxygens (including phenoxy) is 3. The highest BCUT2D eigenvalue weighted by atomic mass is 16.8. The average Bonchev–Trinajstić information content (AvgIpc) is 2.76. The first-order valence-corrected chi connectivity index (χ1v) is 8.10. The summed E-state index contributed by atoms with van der Waals surface area (Å²) in [6.45, 7) is 9.45. The van der Waals surface area contributed by atoms with Crippen molar-refractivity contribution in [3.8, 4) is 0 Å². The summed E-state index contributed by atoms with van der Waals surface area (Å²) in [7, 11) is 0. The fourth-order valence-electron chi connectivity index (χ4n) is 4.94. The molecule has 2 fully saturated rings. The zero-order valence-corrected chi connectivity index (χ0v) is 13.1. The molecule has 0 amide bonds. The van der Waals surface area contributed by atoms with Crippen molar-refractivity contribution in [3.05, 3.63) is 11.3 Å². The van der Waals surface area contributed by atoms with Gasteiger partial charge in [-0.05, 0) is 51.0 Å². The summed E-state index contributed by atoms with van der Waals surface area (Å²) < 4.78 is 18.8. The third-order valence-corrected chi connectivity index (χ3v) is 6.13. The monoisotopic (exact) mass is 278 g/mol. The number of hydrogen-bond acceptors (Lipinski definition) is 3. The molecule has 0 N–H and O–H groups in total. The van der Waals surface area contributed by atoms with Gasteiger partial charge in [0.05, 0.1) is 12.4 Å². The Morgan fingerprint density at radius 1 is 1.15 bits per heavy atom. The van der Waals surface area contributed by atoms with E-state index < -0.39 is 5.79 Å². The van der Waals surface area contributed by atoms with Crippen LogP contribution in [0.15, 0.2) is 11.3 Å². The third kappa shape index (κ3) is 1.48. The van der Waals surface area contributed by atoms with Gasteiger partial charge >= 0.3 is 0 Å². The van der Waals surface area contributed by atoms with E-state index in [2.05, 4.69) is 13.8 Å². The molecule has 3 heteroatoms. The first-order chi connectivity index (χ1) is 9.36. The van der Waals surface area contributed by atoms with Crippen LogP contribution in [-0.4, -0.2) is 24.1 Å². The number of hydrogen-bond donors (Lipinski definition) is 0. The Morgan fingerprint density at radius 3 is 2.65 bits per heavy atom. The zero-order valence-electron chi connectivity index (χ0n) is 13.1. The van der Waals surface area contributed by atoms with Gasteiger partial charge in [0, 0.05) is 11.8 Å². The van der Waals surface area contributed by atoms with Gasteiger partial charge in [-0.2, -0.15) is 0 Å². The Bertz CT molecular complexity index is 481. The molecule has 1 saturated heterocycles. The minimum absolute atomic E-state index is 0.110. The minimum atomic E-state index is -0.479. The van der Waals surface area contributed by atoms with E-state index in [1.165, 1.54) is 30.6 Å². The van der Waals surface area contributed by atoms with Gasteiger partial charge in [0.2, 0.25) is 0 Å². The second-order valence-corrected chi connectivity index (χ2v) is 7.91. The van der Waals surface area contributed by atoms with Crippen molar-refractivity contribution in [1.29, 1.82) is 0 Å². The number of rotatable bonds is 0. The van der Waals surface area contributed by atoms with Crippen LogP contribution in [0, 0.1) is 11.3 Å². The van der Waals surface area contributed by atoms with Crippen LogP contribution in [0.3, 0.4) is 0 Å². The van der Waals surface area contributed by atoms with Crippen molar-refractivity contribution in [2.45, 2.75) is 77.3 Å². The zero-order chi connectivity index (χ0) is 14.2. The normalized spacial score (nSPS) is 49.4. The molecule has 4 rings (SSSR count). The molecule has 1 saturated carbocycles. The van der Waals surface area contributed by atoms with Crippen molar-refractivity contribution >= 4 is 0 Å². The molecule has 1 spiro atoms. The maximum absolute atomic E-state index is 6.46. The standard InChI is InChI=1S/C17H26O3/c1-11-5-6-12-13(9-11)19-14-7-8-16(12,4)17(14)10-18-15(2,3)20-17/h11,14H,5-10H2,1-4H3/t11-,14-,16-,17+/m1/s1. The van der Waals surface area contributed by atoms with Crippen molar-refractivity contribution in [1.82, 2.24) is 0 Å². The second-order valence-electron chi connectivity index (χ2n) is 7.91. The second kappa shape index (κ2) is 3.80. The summed E-state index contributed by atoms with van der Waals surface area (Å²) >= 11 is 0. The lowest BCUT2D eigenvalue weighted by molar-refractivity contribution is -0.209. The molecule has 0 radical (unpaired) electrons. The van der Waals surface area contributed by atoms with Crippen molar-refractivity contribution in [2.75, 3.05) is 6.61 Å². The first-order valence-electron chi connectivity index (χ1n) is 8.10. The van der Waals surface area contributed by atoms with Crippen molar-refractivity contribution < 1.29 is 14.2 Å². The van der Waals surface area contributed by atoms with Gasteiger partial charge in [-0.1, -0.05) is 13.8 Å². The molecule has 0 unspecified atom stereocenters. The summed E-state index contributed by atoms with van der Waals surface area (Å²) in [6.07, 6.45) is 6.01. The summed E-state index contributed by atoms with van der Waals surface area (Å²) in [5.41, 5.74) is 1.39. The average molecular weight is 278 g/mol. The molecule has 2 aliphatic heterocycles. The van der Waals surface area contributed by atoms with Gasteiger partial charge in [0.15, 0.2) is 5.79 Å². The molecule has 4 aliphatic rings. The highest BCUT2D eigenvalue weighted by Crippen LogP contribution is 2.63. The lowest BCUT2D eigenvalue weighted by atomic mass is 9.65. The van der Waals surface area contributed by atoms with E-state index in [1.807, 2.05) is 13.8 Å². The third-order valence-electron chi connectivity index (χ3n) is 6.13. The van der Waals surface area contributed by atoms with E-state index in [0.717, 1.165) is 18.8 Å². The Balaban J connectivity index is 1.79. The van der Waals surface area contributed by atoms with Gasteiger partial charge < -0.3 is 14.2 Å². The van der Waals surface area contributed by atoms with Gasteiger partial charge in [-0.15, -0.1) is 0 Å². The van der Waals surface area contributed by atoms with E-state index in [4.69, 9.17) is 14.2 Å². The van der Waals surface area contributed by atoms with Crippen LogP contribution in [0.1, 0.15) is 59.8 Å². The molecule has 3 nitrogen and oxygen atoms in total. The van der Waals surface area contributed by atoms with Crippen LogP contribution < -0.4 is 0 Å². The Kier molecular flexibility index (Phi) is 2.50. The van der Waals surface area contributed by atoms with E-state index in [-0.39, 0.29) is 17.1 Å². The van der Waals surface area contributed by atoms with Gasteiger partial charge in [0.1, 0.15) is 11.7 Å². The molecular weight excluding hydrogens is 252 g/mol. The maximum Gasteiger partial charge on any atom is 0.163 e. The molecule has 2 heterocycles. The predicted octanol–water partition coefficient (Wildman–Crippen LogP) is 3.78. The molecule has 2 aliphatic carbocycles. The summed E-state index contributed by atoms with van der Waals surface area (Å²) in [5, 5.41) is 0. The molecule has 0 aromatic carbocycles. The molecule has 4 atom stereocenters. The highest BCUT2D eigenvalue weighted by Gasteiger charge is 2.69. The summed E-state index contributed by atoms with van der Waals surface area (Å²) in [5.74, 6) is 1.56. The van der Waals surface area contributed by atoms with Gasteiger partial charge in [0.25, 0.3) is 0 Å². The fraction of sp³-hybridized carbons (Fsp3) is 0.882. The fourth-order valence-corrected chi connectivity index (χ4v) is 4.94. The van der Waals surface area contributed by atoms with Crippen LogP contribution in [0.25, 0.3) is 0 Å². The highest BCUT2D eigenvalue weighted by molar-refractivity contribution is 5.34. The molecule has 20 heavy (non-hydrogen) atoms. The lowest BCUT2D eigenvalue weighted by Crippen LogP contribution is -2.57. The maximum atomic E-state index is 6.46. The van der Waals surface area contributed by atoms with E-state index in [1.54, 1.807) is 0 Å². The van der Waals surface area contributed by atoms with Gasteiger partial charge in [-0.25, -0.2) is 0 Å². The summed E-state index contributed by atoms with van der Waals surface area (Å²) in [6, 6.07) is 0. The SMILES string of the molecule is C[C@@H]1CCC2=C(C1)O[C@@H]1CC[C@@]2(C)[C@]12COC(C)(C)O2. The minimum Gasteiger partial charge on any atom is -0.492 e. The largest absolute Gasteiger partial charge is 0.492 e. The molecule has 0 aromatic rings. The van der Waals surface area contributed by atoms with Crippen LogP contribution in [0.2, 0.25) is 0 Å². The van der Waals surface area contributed by atoms with Crippen molar-refractivity contribution in [2.24, 2.45) is 11.3 Å². The molecule has 0 aromatic heterocycles. The van der Waals surface area contributed by atoms with Crippen molar-refractivity contribution in [3.63, 3.8) is 0 Å². The summed E-state index contributed by atoms with van der Waals surface area (Å²) in [4.78, 5) is 0. The first kappa shape index (κ1) is 13.1. The number of allylic oxidation sites excluding steroid dienone is 1. The number of fused-ring (bicyclic) bond motifs is 1. The topological polar surface area (TPSA) is 27.7 Å².